The summed E-state index contributed by atoms with van der Waals surface area (Å²) in [5.74, 6) is 0.365. The van der Waals surface area contributed by atoms with Gasteiger partial charge in [0.25, 0.3) is 5.91 Å². The van der Waals surface area contributed by atoms with Crippen LogP contribution in [0.4, 0.5) is 0 Å². The van der Waals surface area contributed by atoms with Crippen molar-refractivity contribution in [3.8, 4) is 5.75 Å². The number of hydrazone groups is 1. The molecule has 2 aromatic rings. The SMILES string of the molecule is C=CCOc1ccc(Br)cc1/C=N\NC(=O)c1ccccc1Br. The molecule has 0 aliphatic carbocycles. The first kappa shape index (κ1) is 17.4. The third kappa shape index (κ3) is 5.04. The molecule has 6 heteroatoms. The van der Waals surface area contributed by atoms with Crippen LogP contribution in [0.5, 0.6) is 5.75 Å². The highest BCUT2D eigenvalue weighted by Gasteiger charge is 2.08. The first-order chi connectivity index (χ1) is 11.1. The fourth-order valence-corrected chi connectivity index (χ4v) is 2.61. The van der Waals surface area contributed by atoms with Gasteiger partial charge in [-0.25, -0.2) is 5.43 Å². The molecule has 0 spiro atoms. The van der Waals surface area contributed by atoms with Crippen LogP contribution in [0.2, 0.25) is 0 Å². The first-order valence-electron chi connectivity index (χ1n) is 6.73. The molecule has 2 aromatic carbocycles. The van der Waals surface area contributed by atoms with Crippen LogP contribution in [0.3, 0.4) is 0 Å². The molecule has 1 amide bonds. The number of halogens is 2. The van der Waals surface area contributed by atoms with Gasteiger partial charge in [0.15, 0.2) is 0 Å². The van der Waals surface area contributed by atoms with Crippen molar-refractivity contribution in [1.29, 1.82) is 0 Å². The van der Waals surface area contributed by atoms with E-state index in [0.717, 1.165) is 10.0 Å². The van der Waals surface area contributed by atoms with Crippen LogP contribution < -0.4 is 10.2 Å². The van der Waals surface area contributed by atoms with Crippen molar-refractivity contribution in [3.05, 3.63) is 75.2 Å². The Morgan fingerprint density at radius 2 is 2.04 bits per heavy atom. The van der Waals surface area contributed by atoms with E-state index < -0.39 is 0 Å². The Morgan fingerprint density at radius 1 is 1.26 bits per heavy atom. The fraction of sp³-hybridized carbons (Fsp3) is 0.0588. The second kappa shape index (κ2) is 8.64. The summed E-state index contributed by atoms with van der Waals surface area (Å²) in [7, 11) is 0. The summed E-state index contributed by atoms with van der Waals surface area (Å²) in [6.45, 7) is 4.02. The maximum atomic E-state index is 12.1. The van der Waals surface area contributed by atoms with Crippen LogP contribution in [-0.4, -0.2) is 18.7 Å². The molecular weight excluding hydrogens is 424 g/mol. The van der Waals surface area contributed by atoms with Crippen molar-refractivity contribution in [1.82, 2.24) is 5.43 Å². The molecule has 0 radical (unpaired) electrons. The minimum absolute atomic E-state index is 0.294. The van der Waals surface area contributed by atoms with Gasteiger partial charge in [-0.3, -0.25) is 4.79 Å². The summed E-state index contributed by atoms with van der Waals surface area (Å²) in [6.07, 6.45) is 3.20. The standard InChI is InChI=1S/C17H14Br2N2O2/c1-2-9-23-16-8-7-13(18)10-12(16)11-20-21-17(22)14-5-3-4-6-15(14)19/h2-8,10-11H,1,9H2,(H,21,22)/b20-11-. The second-order valence-electron chi connectivity index (χ2n) is 4.46. The van der Waals surface area contributed by atoms with E-state index in [4.69, 9.17) is 4.74 Å². The molecule has 0 atom stereocenters. The highest BCUT2D eigenvalue weighted by atomic mass is 79.9. The topological polar surface area (TPSA) is 50.7 Å². The summed E-state index contributed by atoms with van der Waals surface area (Å²) >= 11 is 6.74. The van der Waals surface area contributed by atoms with Crippen molar-refractivity contribution in [2.24, 2.45) is 5.10 Å². The molecule has 0 unspecified atom stereocenters. The summed E-state index contributed by atoms with van der Waals surface area (Å²) in [5, 5.41) is 4.00. The van der Waals surface area contributed by atoms with Crippen molar-refractivity contribution in [2.45, 2.75) is 0 Å². The zero-order valence-corrected chi connectivity index (χ0v) is 15.3. The van der Waals surface area contributed by atoms with Crippen LogP contribution in [0.1, 0.15) is 15.9 Å². The Hall–Kier alpha value is -1.92. The minimum Gasteiger partial charge on any atom is -0.489 e. The number of hydrogen-bond acceptors (Lipinski definition) is 3. The molecule has 1 N–H and O–H groups in total. The number of nitrogens with one attached hydrogen (secondary N) is 1. The van der Waals surface area contributed by atoms with Crippen LogP contribution in [0, 0.1) is 0 Å². The Bertz CT molecular complexity index is 745. The summed E-state index contributed by atoms with van der Waals surface area (Å²) in [6, 6.07) is 12.7. The molecule has 0 bridgehead atoms. The Labute approximate surface area is 151 Å². The molecule has 4 nitrogen and oxygen atoms in total. The molecule has 0 aliphatic rings. The number of carbonyl (C=O) groups is 1. The Kier molecular flexibility index (Phi) is 6.55. The van der Waals surface area contributed by atoms with Crippen LogP contribution in [-0.2, 0) is 0 Å². The van der Waals surface area contributed by atoms with Crippen molar-refractivity contribution >= 4 is 44.0 Å². The average molecular weight is 438 g/mol. The molecular formula is C17H14Br2N2O2. The molecule has 2 rings (SSSR count). The molecule has 23 heavy (non-hydrogen) atoms. The van der Waals surface area contributed by atoms with E-state index in [-0.39, 0.29) is 5.91 Å². The first-order valence-corrected chi connectivity index (χ1v) is 8.31. The number of carbonyl (C=O) groups excluding carboxylic acids is 1. The van der Waals surface area contributed by atoms with E-state index in [1.54, 1.807) is 24.3 Å². The second-order valence-corrected chi connectivity index (χ2v) is 6.23. The van der Waals surface area contributed by atoms with Gasteiger partial charge < -0.3 is 4.74 Å². The fourth-order valence-electron chi connectivity index (χ4n) is 1.77. The largest absolute Gasteiger partial charge is 0.489 e. The zero-order valence-electron chi connectivity index (χ0n) is 12.1. The number of rotatable bonds is 6. The van der Waals surface area contributed by atoms with Gasteiger partial charge in [-0.2, -0.15) is 5.10 Å². The number of benzene rings is 2. The van der Waals surface area contributed by atoms with Gasteiger partial charge in [-0.15, -0.1) is 0 Å². The quantitative estimate of drug-likeness (QED) is 0.409. The number of amides is 1. The normalized spacial score (nSPS) is 10.5. The lowest BCUT2D eigenvalue weighted by molar-refractivity contribution is 0.0954. The molecule has 0 saturated carbocycles. The third-order valence-electron chi connectivity index (χ3n) is 2.82. The van der Waals surface area contributed by atoms with Gasteiger partial charge >= 0.3 is 0 Å². The molecule has 0 saturated heterocycles. The van der Waals surface area contributed by atoms with Crippen molar-refractivity contribution < 1.29 is 9.53 Å². The Morgan fingerprint density at radius 3 is 2.78 bits per heavy atom. The molecule has 0 aromatic heterocycles. The summed E-state index contributed by atoms with van der Waals surface area (Å²) in [4.78, 5) is 12.1. The zero-order chi connectivity index (χ0) is 16.7. The smallest absolute Gasteiger partial charge is 0.272 e. The summed E-state index contributed by atoms with van der Waals surface area (Å²) < 4.78 is 7.16. The average Bonchev–Trinajstić information content (AvgIpc) is 2.54. The lowest BCUT2D eigenvalue weighted by atomic mass is 10.2. The summed E-state index contributed by atoms with van der Waals surface area (Å²) in [5.41, 5.74) is 3.76. The molecule has 0 heterocycles. The van der Waals surface area contributed by atoms with E-state index in [2.05, 4.69) is 49.0 Å². The minimum atomic E-state index is -0.294. The van der Waals surface area contributed by atoms with Crippen LogP contribution in [0.15, 0.2) is 69.2 Å². The van der Waals surface area contributed by atoms with E-state index >= 15 is 0 Å². The number of nitrogens with zero attached hydrogens (tertiary/aromatic N) is 1. The monoisotopic (exact) mass is 436 g/mol. The Balaban J connectivity index is 2.11. The molecule has 118 valence electrons. The van der Waals surface area contributed by atoms with Crippen molar-refractivity contribution in [3.63, 3.8) is 0 Å². The van der Waals surface area contributed by atoms with Crippen molar-refractivity contribution in [2.75, 3.05) is 6.61 Å². The molecule has 0 fully saturated rings. The predicted molar refractivity (Wildman–Crippen MR) is 99.0 cm³/mol. The maximum Gasteiger partial charge on any atom is 0.272 e. The predicted octanol–water partition coefficient (Wildman–Crippen LogP) is 4.54. The van der Waals surface area contributed by atoms with Gasteiger partial charge in [-0.1, -0.05) is 40.7 Å². The highest BCUT2D eigenvalue weighted by molar-refractivity contribution is 9.10. The van der Waals surface area contributed by atoms with Gasteiger partial charge in [0, 0.05) is 14.5 Å². The van der Waals surface area contributed by atoms with Gasteiger partial charge in [0.05, 0.1) is 11.8 Å². The van der Waals surface area contributed by atoms with E-state index in [9.17, 15) is 4.79 Å². The maximum absolute atomic E-state index is 12.1. The third-order valence-corrected chi connectivity index (χ3v) is 4.00. The van der Waals surface area contributed by atoms with Gasteiger partial charge in [0.2, 0.25) is 0 Å². The number of ether oxygens (including phenoxy) is 1. The van der Waals surface area contributed by atoms with E-state index in [0.29, 0.717) is 22.4 Å². The molecule has 0 aliphatic heterocycles. The number of hydrogen-bond donors (Lipinski definition) is 1. The van der Waals surface area contributed by atoms with E-state index in [1.165, 1.54) is 6.21 Å². The van der Waals surface area contributed by atoms with Crippen LogP contribution >= 0.6 is 31.9 Å². The van der Waals surface area contributed by atoms with E-state index in [1.807, 2.05) is 24.3 Å². The lowest BCUT2D eigenvalue weighted by Crippen LogP contribution is -2.18. The highest BCUT2D eigenvalue weighted by Crippen LogP contribution is 2.22. The lowest BCUT2D eigenvalue weighted by Gasteiger charge is -2.07. The van der Waals surface area contributed by atoms with Gasteiger partial charge in [-0.05, 0) is 46.3 Å². The van der Waals surface area contributed by atoms with Crippen LogP contribution in [0.25, 0.3) is 0 Å². The van der Waals surface area contributed by atoms with Gasteiger partial charge in [0.1, 0.15) is 12.4 Å².